The number of ketones is 1. The predicted molar refractivity (Wildman–Crippen MR) is 87.9 cm³/mol. The lowest BCUT2D eigenvalue weighted by Crippen LogP contribution is -2.35. The second-order valence-corrected chi connectivity index (χ2v) is 5.97. The van der Waals surface area contributed by atoms with Gasteiger partial charge >= 0.3 is 0 Å². The van der Waals surface area contributed by atoms with E-state index >= 15 is 0 Å². The lowest BCUT2D eigenvalue weighted by atomic mass is 9.94. The van der Waals surface area contributed by atoms with Crippen LogP contribution in [0, 0.1) is 5.82 Å². The van der Waals surface area contributed by atoms with Crippen molar-refractivity contribution in [1.82, 2.24) is 10.3 Å². The topological polar surface area (TPSA) is 44.9 Å². The van der Waals surface area contributed by atoms with Gasteiger partial charge in [0.2, 0.25) is 0 Å². The van der Waals surface area contributed by atoms with E-state index in [1.165, 1.54) is 23.1 Å². The molecule has 4 rings (SSSR count). The van der Waals surface area contributed by atoms with Gasteiger partial charge in [-0.15, -0.1) is 0 Å². The average Bonchev–Trinajstić information content (AvgIpc) is 2.95. The molecule has 0 radical (unpaired) electrons. The number of fused-ring (bicyclic) bond motifs is 3. The fourth-order valence-corrected chi connectivity index (χ4v) is 3.36. The van der Waals surface area contributed by atoms with Crippen LogP contribution >= 0.6 is 0 Å². The first-order valence-corrected chi connectivity index (χ1v) is 7.82. The van der Waals surface area contributed by atoms with Crippen molar-refractivity contribution in [1.29, 1.82) is 0 Å². The van der Waals surface area contributed by atoms with Crippen molar-refractivity contribution in [2.45, 2.75) is 18.9 Å². The Morgan fingerprint density at radius 2 is 1.91 bits per heavy atom. The summed E-state index contributed by atoms with van der Waals surface area (Å²) in [5.41, 5.74) is 4.11. The van der Waals surface area contributed by atoms with Crippen LogP contribution < -0.4 is 5.32 Å². The lowest BCUT2D eigenvalue weighted by Gasteiger charge is -2.23. The van der Waals surface area contributed by atoms with E-state index in [1.807, 2.05) is 18.2 Å². The number of rotatable bonds is 3. The van der Waals surface area contributed by atoms with E-state index in [0.717, 1.165) is 29.7 Å². The maximum Gasteiger partial charge on any atom is 0.160 e. The summed E-state index contributed by atoms with van der Waals surface area (Å²) in [4.78, 5) is 16.1. The predicted octanol–water partition coefficient (Wildman–Crippen LogP) is 3.31. The summed E-state index contributed by atoms with van der Waals surface area (Å²) in [5, 5.41) is 4.51. The van der Waals surface area contributed by atoms with Crippen LogP contribution in [-0.4, -0.2) is 17.3 Å². The van der Waals surface area contributed by atoms with E-state index in [9.17, 15) is 9.18 Å². The Morgan fingerprint density at radius 3 is 2.74 bits per heavy atom. The number of carbonyl (C=O) groups is 1. The van der Waals surface area contributed by atoms with E-state index in [-0.39, 0.29) is 17.6 Å². The van der Waals surface area contributed by atoms with E-state index in [0.29, 0.717) is 6.42 Å². The van der Waals surface area contributed by atoms with Gasteiger partial charge < -0.3 is 10.3 Å². The molecule has 0 saturated heterocycles. The number of aromatic nitrogens is 1. The molecule has 1 atom stereocenters. The van der Waals surface area contributed by atoms with Crippen LogP contribution in [0.4, 0.5) is 4.39 Å². The van der Waals surface area contributed by atoms with Gasteiger partial charge in [0, 0.05) is 29.6 Å². The van der Waals surface area contributed by atoms with Crippen LogP contribution in [0.3, 0.4) is 0 Å². The Labute approximate surface area is 133 Å². The minimum absolute atomic E-state index is 0.101. The Hall–Kier alpha value is -2.46. The molecule has 4 heteroatoms. The van der Waals surface area contributed by atoms with E-state index in [4.69, 9.17) is 0 Å². The SMILES string of the molecule is O=C(Cc1ccc(F)cc1)C1NCCc2c1[nH]c1ccccc21. The third-order valence-electron chi connectivity index (χ3n) is 4.47. The summed E-state index contributed by atoms with van der Waals surface area (Å²) in [6.07, 6.45) is 1.21. The van der Waals surface area contributed by atoms with Gasteiger partial charge in [-0.25, -0.2) is 4.39 Å². The molecule has 2 N–H and O–H groups in total. The van der Waals surface area contributed by atoms with Crippen molar-refractivity contribution in [3.8, 4) is 0 Å². The van der Waals surface area contributed by atoms with Crippen molar-refractivity contribution in [2.75, 3.05) is 6.54 Å². The number of nitrogens with one attached hydrogen (secondary N) is 2. The second kappa shape index (κ2) is 5.63. The third kappa shape index (κ3) is 2.55. The molecule has 1 unspecified atom stereocenters. The summed E-state index contributed by atoms with van der Waals surface area (Å²) in [7, 11) is 0. The summed E-state index contributed by atoms with van der Waals surface area (Å²) in [6, 6.07) is 13.9. The summed E-state index contributed by atoms with van der Waals surface area (Å²) in [5.74, 6) is -0.181. The van der Waals surface area contributed by atoms with Gasteiger partial charge in [-0.1, -0.05) is 30.3 Å². The van der Waals surface area contributed by atoms with E-state index in [2.05, 4.69) is 16.4 Å². The van der Waals surface area contributed by atoms with Crippen molar-refractivity contribution in [2.24, 2.45) is 0 Å². The molecule has 0 spiro atoms. The molecule has 0 bridgehead atoms. The second-order valence-electron chi connectivity index (χ2n) is 5.97. The molecule has 0 amide bonds. The first kappa shape index (κ1) is 14.2. The van der Waals surface area contributed by atoms with Gasteiger partial charge in [-0.2, -0.15) is 0 Å². The molecule has 0 saturated carbocycles. The highest BCUT2D eigenvalue weighted by molar-refractivity contribution is 5.92. The maximum absolute atomic E-state index is 13.0. The fraction of sp³-hybridized carbons (Fsp3) is 0.211. The highest BCUT2D eigenvalue weighted by atomic mass is 19.1. The van der Waals surface area contributed by atoms with Gasteiger partial charge in [0.25, 0.3) is 0 Å². The Bertz CT molecular complexity index is 867. The molecule has 2 heterocycles. The molecule has 0 aliphatic carbocycles. The first-order valence-electron chi connectivity index (χ1n) is 7.82. The average molecular weight is 308 g/mol. The Morgan fingerprint density at radius 1 is 1.13 bits per heavy atom. The molecular formula is C19H17FN2O. The Kier molecular flexibility index (Phi) is 3.46. The number of aromatic amines is 1. The van der Waals surface area contributed by atoms with Crippen LogP contribution in [0.2, 0.25) is 0 Å². The van der Waals surface area contributed by atoms with Crippen LogP contribution in [0.1, 0.15) is 22.9 Å². The largest absolute Gasteiger partial charge is 0.356 e. The number of H-pyrrole nitrogens is 1. The zero-order valence-corrected chi connectivity index (χ0v) is 12.6. The molecule has 2 aromatic carbocycles. The summed E-state index contributed by atoms with van der Waals surface area (Å²) >= 11 is 0. The minimum Gasteiger partial charge on any atom is -0.356 e. The van der Waals surface area contributed by atoms with E-state index in [1.54, 1.807) is 12.1 Å². The number of hydrogen-bond donors (Lipinski definition) is 2. The van der Waals surface area contributed by atoms with Crippen molar-refractivity contribution < 1.29 is 9.18 Å². The molecule has 3 aromatic rings. The molecule has 1 aromatic heterocycles. The lowest BCUT2D eigenvalue weighted by molar-refractivity contribution is -0.120. The monoisotopic (exact) mass is 308 g/mol. The maximum atomic E-state index is 13.0. The van der Waals surface area contributed by atoms with Gasteiger partial charge in [-0.05, 0) is 35.7 Å². The van der Waals surface area contributed by atoms with Gasteiger partial charge in [-0.3, -0.25) is 4.79 Å². The highest BCUT2D eigenvalue weighted by Crippen LogP contribution is 2.30. The van der Waals surface area contributed by atoms with Crippen molar-refractivity contribution in [3.63, 3.8) is 0 Å². The molecular weight excluding hydrogens is 291 g/mol. The summed E-state index contributed by atoms with van der Waals surface area (Å²) < 4.78 is 13.0. The number of Topliss-reactive ketones (excluding diaryl/α,β-unsaturated/α-hetero) is 1. The van der Waals surface area contributed by atoms with Gasteiger partial charge in [0.05, 0.1) is 0 Å². The molecule has 3 nitrogen and oxygen atoms in total. The minimum atomic E-state index is -0.323. The molecule has 23 heavy (non-hydrogen) atoms. The number of para-hydroxylation sites is 1. The van der Waals surface area contributed by atoms with Crippen molar-refractivity contribution >= 4 is 16.7 Å². The molecule has 0 fully saturated rings. The highest BCUT2D eigenvalue weighted by Gasteiger charge is 2.28. The number of carbonyl (C=O) groups excluding carboxylic acids is 1. The number of benzene rings is 2. The third-order valence-corrected chi connectivity index (χ3v) is 4.47. The first-order chi connectivity index (χ1) is 11.2. The number of hydrogen-bond acceptors (Lipinski definition) is 2. The van der Waals surface area contributed by atoms with Crippen LogP contribution in [0.15, 0.2) is 48.5 Å². The van der Waals surface area contributed by atoms with Crippen LogP contribution in [0.5, 0.6) is 0 Å². The fourth-order valence-electron chi connectivity index (χ4n) is 3.36. The van der Waals surface area contributed by atoms with Crippen LogP contribution in [-0.2, 0) is 17.6 Å². The van der Waals surface area contributed by atoms with Gasteiger partial charge in [0.1, 0.15) is 11.9 Å². The number of halogens is 1. The van der Waals surface area contributed by atoms with Gasteiger partial charge in [0.15, 0.2) is 5.78 Å². The Balaban J connectivity index is 1.65. The van der Waals surface area contributed by atoms with Crippen LogP contribution in [0.25, 0.3) is 10.9 Å². The zero-order chi connectivity index (χ0) is 15.8. The molecule has 1 aliphatic rings. The van der Waals surface area contributed by atoms with Crippen molar-refractivity contribution in [3.05, 3.63) is 71.2 Å². The molecule has 1 aliphatic heterocycles. The molecule has 116 valence electrons. The normalized spacial score (nSPS) is 17.2. The quantitative estimate of drug-likeness (QED) is 0.780. The summed E-state index contributed by atoms with van der Waals surface area (Å²) in [6.45, 7) is 0.786. The zero-order valence-electron chi connectivity index (χ0n) is 12.6. The van der Waals surface area contributed by atoms with E-state index < -0.39 is 0 Å². The standard InChI is InChI=1S/C19H17FN2O/c20-13-7-5-12(6-8-13)11-17(23)19-18-15(9-10-21-19)14-3-1-2-4-16(14)22-18/h1-8,19,21-22H,9-11H2. The smallest absolute Gasteiger partial charge is 0.160 e.